The molecule has 0 heterocycles. The molecular formula is C16H14BrF2N. The van der Waals surface area contributed by atoms with Crippen molar-refractivity contribution in [2.24, 2.45) is 0 Å². The van der Waals surface area contributed by atoms with Crippen LogP contribution in [0, 0.1) is 11.6 Å². The van der Waals surface area contributed by atoms with Crippen LogP contribution in [0.3, 0.4) is 0 Å². The monoisotopic (exact) mass is 337 g/mol. The van der Waals surface area contributed by atoms with E-state index in [1.807, 2.05) is 0 Å². The summed E-state index contributed by atoms with van der Waals surface area (Å²) in [6.07, 6.45) is 2.57. The van der Waals surface area contributed by atoms with E-state index in [9.17, 15) is 8.78 Å². The first kappa shape index (κ1) is 13.6. The lowest BCUT2D eigenvalue weighted by Gasteiger charge is -2.09. The van der Waals surface area contributed by atoms with Crippen molar-refractivity contribution in [3.8, 4) is 0 Å². The number of anilines is 1. The predicted molar refractivity (Wildman–Crippen MR) is 79.8 cm³/mol. The lowest BCUT2D eigenvalue weighted by atomic mass is 10.1. The van der Waals surface area contributed by atoms with Gasteiger partial charge in [-0.2, -0.15) is 0 Å². The summed E-state index contributed by atoms with van der Waals surface area (Å²) in [5, 5.41) is 2.99. The number of halogens is 3. The zero-order valence-electron chi connectivity index (χ0n) is 10.8. The van der Waals surface area contributed by atoms with E-state index in [2.05, 4.69) is 45.5 Å². The summed E-state index contributed by atoms with van der Waals surface area (Å²) in [5.41, 5.74) is 2.75. The molecule has 104 valence electrons. The van der Waals surface area contributed by atoms with Crippen molar-refractivity contribution < 1.29 is 8.78 Å². The minimum atomic E-state index is -0.596. The van der Waals surface area contributed by atoms with Gasteiger partial charge in [-0.1, -0.05) is 24.3 Å². The summed E-state index contributed by atoms with van der Waals surface area (Å²) < 4.78 is 27.0. The molecule has 1 nitrogen and oxygen atoms in total. The molecule has 1 saturated carbocycles. The molecule has 1 aliphatic carbocycles. The van der Waals surface area contributed by atoms with E-state index in [1.54, 1.807) is 0 Å². The van der Waals surface area contributed by atoms with Crippen LogP contribution in [0.1, 0.15) is 29.9 Å². The molecule has 0 atom stereocenters. The number of nitrogens with one attached hydrogen (secondary N) is 1. The predicted octanol–water partition coefficient (Wildman–Crippen LogP) is 5.22. The largest absolute Gasteiger partial charge is 0.379 e. The van der Waals surface area contributed by atoms with Gasteiger partial charge in [-0.25, -0.2) is 8.78 Å². The Hall–Kier alpha value is -1.42. The Balaban J connectivity index is 1.68. The maximum absolute atomic E-state index is 13.6. The third kappa shape index (κ3) is 3.01. The van der Waals surface area contributed by atoms with Gasteiger partial charge in [0.1, 0.15) is 11.6 Å². The minimum Gasteiger partial charge on any atom is -0.379 e. The Bertz CT molecular complexity index is 621. The molecule has 3 rings (SSSR count). The quantitative estimate of drug-likeness (QED) is 0.754. The average molecular weight is 338 g/mol. The van der Waals surface area contributed by atoms with E-state index >= 15 is 0 Å². The van der Waals surface area contributed by atoms with Gasteiger partial charge in [0, 0.05) is 12.6 Å². The fourth-order valence-corrected chi connectivity index (χ4v) is 2.52. The standard InChI is InChI=1S/C16H14BrF2N/c17-13-7-16(15(19)8-14(13)18)20-9-10-1-3-11(4-2-10)12-5-6-12/h1-4,7-8,12,20H,5-6,9H2. The highest BCUT2D eigenvalue weighted by Gasteiger charge is 2.22. The third-order valence-corrected chi connectivity index (χ3v) is 4.13. The highest BCUT2D eigenvalue weighted by atomic mass is 79.9. The van der Waals surface area contributed by atoms with Crippen LogP contribution in [0.2, 0.25) is 0 Å². The Labute approximate surface area is 125 Å². The topological polar surface area (TPSA) is 12.0 Å². The van der Waals surface area contributed by atoms with Gasteiger partial charge in [0.2, 0.25) is 0 Å². The smallest absolute Gasteiger partial charge is 0.149 e. The molecule has 0 saturated heterocycles. The second kappa shape index (κ2) is 5.52. The number of rotatable bonds is 4. The van der Waals surface area contributed by atoms with Crippen LogP contribution in [0.25, 0.3) is 0 Å². The molecule has 0 radical (unpaired) electrons. The van der Waals surface area contributed by atoms with Gasteiger partial charge in [-0.15, -0.1) is 0 Å². The van der Waals surface area contributed by atoms with Crippen molar-refractivity contribution in [1.82, 2.24) is 0 Å². The van der Waals surface area contributed by atoms with Crippen LogP contribution in [0.5, 0.6) is 0 Å². The Morgan fingerprint density at radius 3 is 2.40 bits per heavy atom. The molecule has 20 heavy (non-hydrogen) atoms. The fraction of sp³-hybridized carbons (Fsp3) is 0.250. The van der Waals surface area contributed by atoms with Crippen LogP contribution in [0.15, 0.2) is 40.9 Å². The van der Waals surface area contributed by atoms with Gasteiger partial charge >= 0.3 is 0 Å². The molecule has 0 unspecified atom stereocenters. The second-order valence-electron chi connectivity index (χ2n) is 5.12. The van der Waals surface area contributed by atoms with Crippen LogP contribution in [-0.2, 0) is 6.54 Å². The number of hydrogen-bond acceptors (Lipinski definition) is 1. The van der Waals surface area contributed by atoms with Crippen molar-refractivity contribution in [2.45, 2.75) is 25.3 Å². The van der Waals surface area contributed by atoms with Gasteiger partial charge in [0.05, 0.1) is 10.2 Å². The SMILES string of the molecule is Fc1cc(F)c(NCc2ccc(C3CC3)cc2)cc1Br. The lowest BCUT2D eigenvalue weighted by molar-refractivity contribution is 0.580. The Kier molecular flexibility index (Phi) is 3.74. The van der Waals surface area contributed by atoms with Crippen LogP contribution in [-0.4, -0.2) is 0 Å². The van der Waals surface area contributed by atoms with Gasteiger partial charge in [0.25, 0.3) is 0 Å². The van der Waals surface area contributed by atoms with E-state index in [0.717, 1.165) is 17.5 Å². The summed E-state index contributed by atoms with van der Waals surface area (Å²) in [7, 11) is 0. The third-order valence-electron chi connectivity index (χ3n) is 3.52. The minimum absolute atomic E-state index is 0.255. The van der Waals surface area contributed by atoms with Crippen molar-refractivity contribution in [1.29, 1.82) is 0 Å². The molecule has 1 aliphatic rings. The van der Waals surface area contributed by atoms with Gasteiger partial charge in [-0.3, -0.25) is 0 Å². The highest BCUT2D eigenvalue weighted by Crippen LogP contribution is 2.39. The number of benzene rings is 2. The first-order chi connectivity index (χ1) is 9.63. The van der Waals surface area contributed by atoms with E-state index in [0.29, 0.717) is 12.2 Å². The lowest BCUT2D eigenvalue weighted by Crippen LogP contribution is -2.02. The molecule has 2 aromatic rings. The van der Waals surface area contributed by atoms with Crippen LogP contribution in [0.4, 0.5) is 14.5 Å². The van der Waals surface area contributed by atoms with Crippen molar-refractivity contribution in [3.05, 3.63) is 63.6 Å². The fourth-order valence-electron chi connectivity index (χ4n) is 2.18. The van der Waals surface area contributed by atoms with E-state index in [4.69, 9.17) is 0 Å². The van der Waals surface area contributed by atoms with Crippen molar-refractivity contribution in [3.63, 3.8) is 0 Å². The molecule has 0 aliphatic heterocycles. The molecule has 2 aromatic carbocycles. The van der Waals surface area contributed by atoms with E-state index in [-0.39, 0.29) is 4.47 Å². The number of hydrogen-bond donors (Lipinski definition) is 1. The first-order valence-corrected chi connectivity index (χ1v) is 7.40. The molecule has 0 bridgehead atoms. The normalized spacial score (nSPS) is 14.3. The van der Waals surface area contributed by atoms with E-state index < -0.39 is 11.6 Å². The van der Waals surface area contributed by atoms with E-state index in [1.165, 1.54) is 24.5 Å². The molecule has 0 amide bonds. The summed E-state index contributed by atoms with van der Waals surface area (Å²) in [6, 6.07) is 10.7. The average Bonchev–Trinajstić information content (AvgIpc) is 3.26. The highest BCUT2D eigenvalue weighted by molar-refractivity contribution is 9.10. The summed E-state index contributed by atoms with van der Waals surface area (Å²) in [5.74, 6) is -0.440. The molecule has 1 fully saturated rings. The Morgan fingerprint density at radius 1 is 1.05 bits per heavy atom. The summed E-state index contributed by atoms with van der Waals surface area (Å²) in [4.78, 5) is 0. The second-order valence-corrected chi connectivity index (χ2v) is 5.97. The van der Waals surface area contributed by atoms with Crippen LogP contribution < -0.4 is 5.32 Å². The van der Waals surface area contributed by atoms with Gasteiger partial charge in [-0.05, 0) is 51.9 Å². The molecular weight excluding hydrogens is 324 g/mol. The maximum atomic E-state index is 13.6. The molecule has 1 N–H and O–H groups in total. The van der Waals surface area contributed by atoms with Crippen LogP contribution >= 0.6 is 15.9 Å². The first-order valence-electron chi connectivity index (χ1n) is 6.61. The molecule has 0 spiro atoms. The summed E-state index contributed by atoms with van der Waals surface area (Å²) in [6.45, 7) is 0.514. The summed E-state index contributed by atoms with van der Waals surface area (Å²) >= 11 is 3.06. The Morgan fingerprint density at radius 2 is 1.75 bits per heavy atom. The van der Waals surface area contributed by atoms with Crippen molar-refractivity contribution in [2.75, 3.05) is 5.32 Å². The van der Waals surface area contributed by atoms with Gasteiger partial charge < -0.3 is 5.32 Å². The molecule has 0 aromatic heterocycles. The maximum Gasteiger partial charge on any atom is 0.149 e. The zero-order valence-corrected chi connectivity index (χ0v) is 12.4. The zero-order chi connectivity index (χ0) is 14.1. The van der Waals surface area contributed by atoms with Gasteiger partial charge in [0.15, 0.2) is 0 Å². The molecule has 4 heteroatoms. The van der Waals surface area contributed by atoms with Crippen molar-refractivity contribution >= 4 is 21.6 Å².